The molecule has 98 valence electrons. The van der Waals surface area contributed by atoms with Crippen LogP contribution in [-0.4, -0.2) is 48.2 Å². The van der Waals surface area contributed by atoms with E-state index in [4.69, 9.17) is 4.74 Å². The summed E-state index contributed by atoms with van der Waals surface area (Å²) in [6, 6.07) is 0. The zero-order valence-corrected chi connectivity index (χ0v) is 10.4. The molecule has 0 bridgehead atoms. The fourth-order valence-corrected chi connectivity index (χ4v) is 1.12. The molecule has 0 spiro atoms. The molecular formula is C10H15N5O3. The third-order valence-electron chi connectivity index (χ3n) is 2.00. The van der Waals surface area contributed by atoms with Gasteiger partial charge in [0, 0.05) is 20.5 Å². The van der Waals surface area contributed by atoms with Crippen LogP contribution in [0.25, 0.3) is 0 Å². The van der Waals surface area contributed by atoms with E-state index in [1.54, 1.807) is 4.90 Å². The van der Waals surface area contributed by atoms with Gasteiger partial charge in [0.05, 0.1) is 19.6 Å². The summed E-state index contributed by atoms with van der Waals surface area (Å²) in [5, 5.41) is 2.58. The maximum atomic E-state index is 11.1. The molecule has 0 radical (unpaired) electrons. The predicted molar refractivity (Wildman–Crippen MR) is 64.1 cm³/mol. The van der Waals surface area contributed by atoms with Crippen LogP contribution in [0.3, 0.4) is 0 Å². The molecular weight excluding hydrogens is 238 g/mol. The Morgan fingerprint density at radius 2 is 2.22 bits per heavy atom. The van der Waals surface area contributed by atoms with E-state index >= 15 is 0 Å². The average molecular weight is 253 g/mol. The van der Waals surface area contributed by atoms with Crippen molar-refractivity contribution < 1.29 is 9.53 Å². The molecule has 0 saturated heterocycles. The van der Waals surface area contributed by atoms with Gasteiger partial charge in [-0.15, -0.1) is 0 Å². The van der Waals surface area contributed by atoms with Crippen molar-refractivity contribution in [3.05, 3.63) is 17.1 Å². The van der Waals surface area contributed by atoms with E-state index in [9.17, 15) is 9.70 Å². The van der Waals surface area contributed by atoms with Gasteiger partial charge < -0.3 is 9.64 Å². The van der Waals surface area contributed by atoms with Gasteiger partial charge in [-0.25, -0.2) is 9.97 Å². The highest BCUT2D eigenvalue weighted by Crippen LogP contribution is 2.01. The first-order chi connectivity index (χ1) is 8.63. The number of hydrogen-bond donors (Lipinski definition) is 0. The average Bonchev–Trinajstić information content (AvgIpc) is 2.36. The number of aromatic nitrogens is 3. The van der Waals surface area contributed by atoms with Crippen LogP contribution in [0.1, 0.15) is 12.2 Å². The number of hydrogen-bond acceptors (Lipinski definition) is 8. The summed E-state index contributed by atoms with van der Waals surface area (Å²) in [5.74, 6) is 0.656. The second-order valence-electron chi connectivity index (χ2n) is 3.67. The molecule has 0 aliphatic rings. The van der Waals surface area contributed by atoms with Crippen LogP contribution in [0.4, 0.5) is 5.95 Å². The predicted octanol–water partition coefficient (Wildman–Crippen LogP) is 0.180. The lowest BCUT2D eigenvalue weighted by Crippen LogP contribution is -2.15. The Bertz CT molecular complexity index is 410. The van der Waals surface area contributed by atoms with Gasteiger partial charge in [0.1, 0.15) is 12.2 Å². The minimum absolute atomic E-state index is 0.00362. The van der Waals surface area contributed by atoms with Crippen LogP contribution in [0.5, 0.6) is 0 Å². The van der Waals surface area contributed by atoms with Gasteiger partial charge in [0.2, 0.25) is 5.95 Å². The number of anilines is 1. The zero-order valence-electron chi connectivity index (χ0n) is 10.4. The lowest BCUT2D eigenvalue weighted by atomic mass is 10.4. The van der Waals surface area contributed by atoms with Crippen molar-refractivity contribution in [3.63, 3.8) is 0 Å². The summed E-state index contributed by atoms with van der Waals surface area (Å²) in [4.78, 5) is 34.8. The van der Waals surface area contributed by atoms with Crippen molar-refractivity contribution in [1.29, 1.82) is 0 Å². The molecule has 1 heterocycles. The third-order valence-corrected chi connectivity index (χ3v) is 2.00. The van der Waals surface area contributed by atoms with E-state index in [-0.39, 0.29) is 19.6 Å². The van der Waals surface area contributed by atoms with E-state index in [1.807, 2.05) is 14.1 Å². The molecule has 0 aliphatic heterocycles. The van der Waals surface area contributed by atoms with Gasteiger partial charge in [-0.2, -0.15) is 9.89 Å². The van der Waals surface area contributed by atoms with Gasteiger partial charge >= 0.3 is 5.97 Å². The number of nitrogens with zero attached hydrogens (tertiary/aromatic N) is 5. The second kappa shape index (κ2) is 7.25. The summed E-state index contributed by atoms with van der Waals surface area (Å²) in [5.41, 5.74) is 0. The minimum Gasteiger partial charge on any atom is -0.465 e. The molecule has 0 saturated carbocycles. The van der Waals surface area contributed by atoms with Crippen molar-refractivity contribution in [2.24, 2.45) is 5.18 Å². The highest BCUT2D eigenvalue weighted by atomic mass is 16.5. The third kappa shape index (κ3) is 4.81. The molecule has 1 aromatic rings. The Kier molecular flexibility index (Phi) is 5.62. The first kappa shape index (κ1) is 13.9. The first-order valence-electron chi connectivity index (χ1n) is 5.43. The molecule has 0 aromatic carbocycles. The van der Waals surface area contributed by atoms with Gasteiger partial charge in [-0.05, 0) is 0 Å². The standard InChI is InChI=1S/C10H15N5O3/c1-15(2)10-12-7-11-8(14-10)4-6-18-9(16)3-5-13-17/h7H,3-6H2,1-2H3. The molecule has 0 N–H and O–H groups in total. The SMILES string of the molecule is CN(C)c1ncnc(CCOC(=O)CCN=O)n1. The largest absolute Gasteiger partial charge is 0.465 e. The van der Waals surface area contributed by atoms with E-state index in [1.165, 1.54) is 6.33 Å². The second-order valence-corrected chi connectivity index (χ2v) is 3.67. The van der Waals surface area contributed by atoms with Crippen molar-refractivity contribution in [2.45, 2.75) is 12.8 Å². The summed E-state index contributed by atoms with van der Waals surface area (Å²) in [6.45, 7) is 0.115. The molecule has 1 aromatic heterocycles. The number of nitroso groups, excluding NO2 is 1. The molecule has 0 aliphatic carbocycles. The lowest BCUT2D eigenvalue weighted by Gasteiger charge is -2.09. The van der Waals surface area contributed by atoms with Crippen LogP contribution < -0.4 is 4.90 Å². The van der Waals surface area contributed by atoms with E-state index < -0.39 is 5.97 Å². The lowest BCUT2D eigenvalue weighted by molar-refractivity contribution is -0.143. The Morgan fingerprint density at radius 3 is 2.89 bits per heavy atom. The van der Waals surface area contributed by atoms with Crippen LogP contribution in [0, 0.1) is 4.91 Å². The van der Waals surface area contributed by atoms with Gasteiger partial charge in [-0.1, -0.05) is 5.18 Å². The molecule has 0 atom stereocenters. The number of carbonyl (C=O) groups excluding carboxylic acids is 1. The summed E-state index contributed by atoms with van der Waals surface area (Å²) in [7, 11) is 3.65. The van der Waals surface area contributed by atoms with Crippen LogP contribution in [0.2, 0.25) is 0 Å². The number of esters is 1. The van der Waals surface area contributed by atoms with Crippen LogP contribution in [-0.2, 0) is 16.0 Å². The van der Waals surface area contributed by atoms with Crippen LogP contribution >= 0.6 is 0 Å². The van der Waals surface area contributed by atoms with Crippen LogP contribution in [0.15, 0.2) is 11.5 Å². The minimum atomic E-state index is -0.448. The monoisotopic (exact) mass is 253 g/mol. The molecule has 1 rings (SSSR count). The molecule has 0 amide bonds. The number of rotatable bonds is 7. The van der Waals surface area contributed by atoms with Gasteiger partial charge in [0.25, 0.3) is 0 Å². The normalized spacial score (nSPS) is 9.89. The highest BCUT2D eigenvalue weighted by molar-refractivity contribution is 5.69. The highest BCUT2D eigenvalue weighted by Gasteiger charge is 2.05. The fraction of sp³-hybridized carbons (Fsp3) is 0.600. The molecule has 8 nitrogen and oxygen atoms in total. The summed E-state index contributed by atoms with van der Waals surface area (Å²) in [6.07, 6.45) is 1.82. The Labute approximate surface area is 104 Å². The van der Waals surface area contributed by atoms with Crippen molar-refractivity contribution in [1.82, 2.24) is 15.0 Å². The fourth-order valence-electron chi connectivity index (χ4n) is 1.12. The summed E-state index contributed by atoms with van der Waals surface area (Å²) < 4.78 is 4.90. The van der Waals surface area contributed by atoms with Gasteiger partial charge in [0.15, 0.2) is 0 Å². The van der Waals surface area contributed by atoms with E-state index in [0.29, 0.717) is 18.2 Å². The maximum Gasteiger partial charge on any atom is 0.307 e. The molecule has 18 heavy (non-hydrogen) atoms. The smallest absolute Gasteiger partial charge is 0.307 e. The number of ether oxygens (including phenoxy) is 1. The molecule has 8 heteroatoms. The number of carbonyl (C=O) groups is 1. The molecule has 0 fully saturated rings. The van der Waals surface area contributed by atoms with Gasteiger partial charge in [-0.3, -0.25) is 4.79 Å². The molecule has 0 unspecified atom stereocenters. The summed E-state index contributed by atoms with van der Waals surface area (Å²) >= 11 is 0. The Balaban J connectivity index is 2.37. The van der Waals surface area contributed by atoms with E-state index in [0.717, 1.165) is 0 Å². The zero-order chi connectivity index (χ0) is 13.4. The Morgan fingerprint density at radius 1 is 1.44 bits per heavy atom. The van der Waals surface area contributed by atoms with Crippen molar-refractivity contribution in [3.8, 4) is 0 Å². The van der Waals surface area contributed by atoms with Crippen molar-refractivity contribution in [2.75, 3.05) is 32.1 Å². The maximum absolute atomic E-state index is 11.1. The Hall–Kier alpha value is -2.12. The van der Waals surface area contributed by atoms with E-state index in [2.05, 4.69) is 20.1 Å². The topological polar surface area (TPSA) is 97.6 Å². The first-order valence-corrected chi connectivity index (χ1v) is 5.43. The quantitative estimate of drug-likeness (QED) is 0.505. The van der Waals surface area contributed by atoms with Crippen molar-refractivity contribution >= 4 is 11.9 Å².